The highest BCUT2D eigenvalue weighted by atomic mass is 19.1. The topological polar surface area (TPSA) is 45.7 Å². The summed E-state index contributed by atoms with van der Waals surface area (Å²) in [5, 5.41) is 6.83. The van der Waals surface area contributed by atoms with Crippen LogP contribution < -0.4 is 10.6 Å². The molecule has 5 heteroatoms. The standard InChI is InChI=1S/C18H28FN3O/c1-4-14(2)22-17(20-3)21-13-18(9-11-23-12-10-18)15-5-7-16(19)8-6-15/h5-8,14H,4,9-13H2,1-3H3,(H2,20,21,22). The molecule has 1 fully saturated rings. The van der Waals surface area contributed by atoms with Crippen molar-refractivity contribution in [2.45, 2.75) is 44.6 Å². The Kier molecular flexibility index (Phi) is 6.39. The van der Waals surface area contributed by atoms with E-state index in [1.807, 2.05) is 12.1 Å². The van der Waals surface area contributed by atoms with Gasteiger partial charge in [0.25, 0.3) is 0 Å². The van der Waals surface area contributed by atoms with Gasteiger partial charge >= 0.3 is 0 Å². The zero-order chi connectivity index (χ0) is 16.7. The number of nitrogens with one attached hydrogen (secondary N) is 2. The zero-order valence-electron chi connectivity index (χ0n) is 14.4. The fourth-order valence-electron chi connectivity index (χ4n) is 2.92. The zero-order valence-corrected chi connectivity index (χ0v) is 14.4. The Morgan fingerprint density at radius 3 is 2.52 bits per heavy atom. The Labute approximate surface area is 138 Å². The van der Waals surface area contributed by atoms with Gasteiger partial charge < -0.3 is 15.4 Å². The van der Waals surface area contributed by atoms with Crippen molar-refractivity contribution in [3.05, 3.63) is 35.6 Å². The van der Waals surface area contributed by atoms with Gasteiger partial charge in [-0.2, -0.15) is 0 Å². The highest BCUT2D eigenvalue weighted by molar-refractivity contribution is 5.80. The lowest BCUT2D eigenvalue weighted by Gasteiger charge is -2.38. The molecule has 1 aliphatic rings. The molecule has 1 aromatic carbocycles. The van der Waals surface area contributed by atoms with Crippen LogP contribution in [0.5, 0.6) is 0 Å². The molecule has 0 spiro atoms. The fourth-order valence-corrected chi connectivity index (χ4v) is 2.92. The van der Waals surface area contributed by atoms with Crippen molar-refractivity contribution in [2.24, 2.45) is 4.99 Å². The van der Waals surface area contributed by atoms with Gasteiger partial charge in [0, 0.05) is 38.3 Å². The van der Waals surface area contributed by atoms with Gasteiger partial charge in [0.05, 0.1) is 0 Å². The molecule has 0 radical (unpaired) electrons. The molecule has 0 aliphatic carbocycles. The van der Waals surface area contributed by atoms with Crippen molar-refractivity contribution in [2.75, 3.05) is 26.8 Å². The van der Waals surface area contributed by atoms with E-state index < -0.39 is 0 Å². The summed E-state index contributed by atoms with van der Waals surface area (Å²) in [6.45, 7) is 6.51. The molecule has 0 aromatic heterocycles. The van der Waals surface area contributed by atoms with E-state index >= 15 is 0 Å². The summed E-state index contributed by atoms with van der Waals surface area (Å²) in [6.07, 6.45) is 2.88. The van der Waals surface area contributed by atoms with Crippen LogP contribution in [0.4, 0.5) is 4.39 Å². The number of nitrogens with zero attached hydrogens (tertiary/aromatic N) is 1. The van der Waals surface area contributed by atoms with Gasteiger partial charge in [-0.15, -0.1) is 0 Å². The number of ether oxygens (including phenoxy) is 1. The first kappa shape index (κ1) is 17.7. The highest BCUT2D eigenvalue weighted by Gasteiger charge is 2.34. The van der Waals surface area contributed by atoms with Gasteiger partial charge in [-0.25, -0.2) is 4.39 Å². The van der Waals surface area contributed by atoms with Crippen molar-refractivity contribution >= 4 is 5.96 Å². The molecule has 1 aromatic rings. The number of hydrogen-bond donors (Lipinski definition) is 2. The summed E-state index contributed by atoms with van der Waals surface area (Å²) >= 11 is 0. The number of hydrogen-bond acceptors (Lipinski definition) is 2. The van der Waals surface area contributed by atoms with E-state index in [1.54, 1.807) is 19.2 Å². The third kappa shape index (κ3) is 4.67. The number of rotatable bonds is 5. The molecule has 1 saturated heterocycles. The van der Waals surface area contributed by atoms with Gasteiger partial charge in [0.1, 0.15) is 5.82 Å². The average molecular weight is 321 g/mol. The van der Waals surface area contributed by atoms with Crippen molar-refractivity contribution in [3.8, 4) is 0 Å². The van der Waals surface area contributed by atoms with E-state index in [0.29, 0.717) is 6.04 Å². The van der Waals surface area contributed by atoms with Crippen LogP contribution in [0.15, 0.2) is 29.3 Å². The molecule has 2 rings (SSSR count). The molecule has 23 heavy (non-hydrogen) atoms. The van der Waals surface area contributed by atoms with Crippen LogP contribution in [0.2, 0.25) is 0 Å². The number of halogens is 1. The Morgan fingerprint density at radius 2 is 1.96 bits per heavy atom. The molecule has 0 saturated carbocycles. The quantitative estimate of drug-likeness (QED) is 0.647. The summed E-state index contributed by atoms with van der Waals surface area (Å²) in [5.74, 6) is 0.616. The predicted octanol–water partition coefficient (Wildman–Crippen LogP) is 2.84. The lowest BCUT2D eigenvalue weighted by molar-refractivity contribution is 0.0513. The van der Waals surface area contributed by atoms with Crippen LogP contribution in [0, 0.1) is 5.82 Å². The van der Waals surface area contributed by atoms with Crippen LogP contribution in [-0.2, 0) is 10.2 Å². The highest BCUT2D eigenvalue weighted by Crippen LogP contribution is 2.34. The minimum absolute atomic E-state index is 0.0426. The number of aliphatic imine (C=N–C) groups is 1. The smallest absolute Gasteiger partial charge is 0.191 e. The molecule has 1 unspecified atom stereocenters. The largest absolute Gasteiger partial charge is 0.381 e. The molecule has 1 heterocycles. The fraction of sp³-hybridized carbons (Fsp3) is 0.611. The summed E-state index contributed by atoms with van der Waals surface area (Å²) in [4.78, 5) is 4.30. The number of guanidine groups is 1. The lowest BCUT2D eigenvalue weighted by Crippen LogP contribution is -2.49. The predicted molar refractivity (Wildman–Crippen MR) is 92.4 cm³/mol. The Bertz CT molecular complexity index is 510. The van der Waals surface area contributed by atoms with E-state index in [4.69, 9.17) is 4.74 Å². The maximum atomic E-state index is 13.3. The van der Waals surface area contributed by atoms with E-state index in [9.17, 15) is 4.39 Å². The summed E-state index contributed by atoms with van der Waals surface area (Å²) < 4.78 is 18.8. The van der Waals surface area contributed by atoms with Gasteiger partial charge in [0.2, 0.25) is 0 Å². The minimum atomic E-state index is -0.196. The second-order valence-electron chi connectivity index (χ2n) is 6.28. The summed E-state index contributed by atoms with van der Waals surface area (Å²) in [6, 6.07) is 7.25. The van der Waals surface area contributed by atoms with Crippen LogP contribution in [0.25, 0.3) is 0 Å². The molecule has 1 aliphatic heterocycles. The molecule has 0 bridgehead atoms. The first-order valence-corrected chi connectivity index (χ1v) is 8.40. The van der Waals surface area contributed by atoms with E-state index in [1.165, 1.54) is 0 Å². The first-order valence-electron chi connectivity index (χ1n) is 8.40. The maximum Gasteiger partial charge on any atom is 0.191 e. The van der Waals surface area contributed by atoms with Crippen molar-refractivity contribution in [1.82, 2.24) is 10.6 Å². The maximum absolute atomic E-state index is 13.3. The van der Waals surface area contributed by atoms with Gasteiger partial charge in [-0.3, -0.25) is 4.99 Å². The van der Waals surface area contributed by atoms with Gasteiger partial charge in [-0.1, -0.05) is 19.1 Å². The van der Waals surface area contributed by atoms with E-state index in [0.717, 1.165) is 50.5 Å². The third-order valence-electron chi connectivity index (χ3n) is 4.72. The van der Waals surface area contributed by atoms with E-state index in [2.05, 4.69) is 29.5 Å². The molecule has 2 N–H and O–H groups in total. The Morgan fingerprint density at radius 1 is 1.30 bits per heavy atom. The van der Waals surface area contributed by atoms with E-state index in [-0.39, 0.29) is 11.2 Å². The normalized spacial score (nSPS) is 19.2. The van der Waals surface area contributed by atoms with Gasteiger partial charge in [-0.05, 0) is 43.9 Å². The molecule has 4 nitrogen and oxygen atoms in total. The third-order valence-corrected chi connectivity index (χ3v) is 4.72. The van der Waals surface area contributed by atoms with Crippen LogP contribution in [0.3, 0.4) is 0 Å². The molecule has 1 atom stereocenters. The second kappa shape index (κ2) is 8.29. The van der Waals surface area contributed by atoms with Crippen LogP contribution in [-0.4, -0.2) is 38.8 Å². The second-order valence-corrected chi connectivity index (χ2v) is 6.28. The van der Waals surface area contributed by atoms with Crippen molar-refractivity contribution < 1.29 is 9.13 Å². The molecule has 128 valence electrons. The van der Waals surface area contributed by atoms with Gasteiger partial charge in [0.15, 0.2) is 5.96 Å². The van der Waals surface area contributed by atoms with Crippen molar-refractivity contribution in [3.63, 3.8) is 0 Å². The first-order chi connectivity index (χ1) is 11.1. The molecular formula is C18H28FN3O. The molecular weight excluding hydrogens is 293 g/mol. The monoisotopic (exact) mass is 321 g/mol. The lowest BCUT2D eigenvalue weighted by atomic mass is 9.74. The summed E-state index contributed by atoms with van der Waals surface area (Å²) in [7, 11) is 1.78. The van der Waals surface area contributed by atoms with Crippen LogP contribution >= 0.6 is 0 Å². The average Bonchev–Trinajstić information content (AvgIpc) is 2.59. The number of benzene rings is 1. The Balaban J connectivity index is 2.11. The molecule has 0 amide bonds. The van der Waals surface area contributed by atoms with Crippen molar-refractivity contribution in [1.29, 1.82) is 0 Å². The Hall–Kier alpha value is -1.62. The summed E-state index contributed by atoms with van der Waals surface area (Å²) in [5.41, 5.74) is 1.12. The van der Waals surface area contributed by atoms with Crippen LogP contribution in [0.1, 0.15) is 38.7 Å². The SMILES string of the molecule is CCC(C)NC(=NC)NCC1(c2ccc(F)cc2)CCOCC1. The minimum Gasteiger partial charge on any atom is -0.381 e.